The van der Waals surface area contributed by atoms with Crippen LogP contribution in [0.4, 0.5) is 4.79 Å². The van der Waals surface area contributed by atoms with Gasteiger partial charge in [-0.05, 0) is 56.3 Å². The van der Waals surface area contributed by atoms with E-state index in [9.17, 15) is 4.79 Å². The highest BCUT2D eigenvalue weighted by Crippen LogP contribution is 2.36. The van der Waals surface area contributed by atoms with Crippen LogP contribution in [0, 0.1) is 5.92 Å². The van der Waals surface area contributed by atoms with Gasteiger partial charge < -0.3 is 14.7 Å². The predicted molar refractivity (Wildman–Crippen MR) is 108 cm³/mol. The molecule has 150 valence electrons. The van der Waals surface area contributed by atoms with Crippen molar-refractivity contribution >= 4 is 17.7 Å². The Balaban J connectivity index is 0.000000637. The number of hydrogen-bond acceptors (Lipinski definition) is 3. The maximum Gasteiger partial charge on any atom is 0.407 e. The molecule has 5 nitrogen and oxygen atoms in total. The van der Waals surface area contributed by atoms with Gasteiger partial charge in [0.15, 0.2) is 0 Å². The summed E-state index contributed by atoms with van der Waals surface area (Å²) in [6.45, 7) is 3.73. The molecular formula is C21H31ClN2O3. The molecule has 1 N–H and O–H groups in total. The quantitative estimate of drug-likeness (QED) is 0.747. The lowest BCUT2D eigenvalue weighted by molar-refractivity contribution is 0.0474. The average molecular weight is 395 g/mol. The van der Waals surface area contributed by atoms with E-state index in [4.69, 9.17) is 21.4 Å². The Bertz CT molecular complexity index is 623. The molecule has 0 unspecified atom stereocenters. The number of benzene rings is 1. The fraction of sp³-hybridized carbons (Fsp3) is 0.667. The van der Waals surface area contributed by atoms with E-state index < -0.39 is 6.09 Å². The third kappa shape index (κ3) is 6.28. The lowest BCUT2D eigenvalue weighted by Crippen LogP contribution is -2.41. The minimum atomic E-state index is -0.878. The van der Waals surface area contributed by atoms with E-state index in [2.05, 4.69) is 11.0 Å². The number of likely N-dealkylation sites (tertiary alicyclic amines) is 1. The first-order valence-corrected chi connectivity index (χ1v) is 10.5. The summed E-state index contributed by atoms with van der Waals surface area (Å²) in [6.07, 6.45) is 8.05. The number of hydrogen-bond donors (Lipinski definition) is 1. The first kappa shape index (κ1) is 20.3. The summed E-state index contributed by atoms with van der Waals surface area (Å²) in [4.78, 5) is 14.6. The van der Waals surface area contributed by atoms with Crippen LogP contribution in [0.25, 0.3) is 0 Å². The van der Waals surface area contributed by atoms with Gasteiger partial charge in [-0.1, -0.05) is 43.0 Å². The van der Waals surface area contributed by atoms with Gasteiger partial charge in [0.05, 0.1) is 11.1 Å². The summed E-state index contributed by atoms with van der Waals surface area (Å²) in [5.41, 5.74) is 1.12. The summed E-state index contributed by atoms with van der Waals surface area (Å²) >= 11 is 6.54. The lowest BCUT2D eigenvalue weighted by Gasteiger charge is -2.37. The molecule has 3 fully saturated rings. The van der Waals surface area contributed by atoms with Gasteiger partial charge in [0.1, 0.15) is 5.75 Å². The Morgan fingerprint density at radius 3 is 2.48 bits per heavy atom. The number of amides is 1. The van der Waals surface area contributed by atoms with Crippen molar-refractivity contribution < 1.29 is 14.6 Å². The molecule has 27 heavy (non-hydrogen) atoms. The Hall–Kier alpha value is -1.46. The largest absolute Gasteiger partial charge is 0.489 e. The van der Waals surface area contributed by atoms with Crippen LogP contribution in [-0.2, 0) is 6.54 Å². The Morgan fingerprint density at radius 1 is 1.22 bits per heavy atom. The standard InChI is InChI=1S/C18H25ClN2O3.C3H6/c1-20(18(22)23)11-13-9-15(10-13)24-16-6-4-5-14(17(16)19)12-21-7-2-3-8-21;1-2-3-1/h4-6,13,15H,2-3,7-12H2,1H3,(H,22,23);1-3H2. The highest BCUT2D eigenvalue weighted by Gasteiger charge is 2.33. The Morgan fingerprint density at radius 2 is 1.89 bits per heavy atom. The van der Waals surface area contributed by atoms with Crippen molar-refractivity contribution in [3.63, 3.8) is 0 Å². The van der Waals surface area contributed by atoms with Crippen LogP contribution >= 0.6 is 11.6 Å². The van der Waals surface area contributed by atoms with Gasteiger partial charge in [0.25, 0.3) is 0 Å². The van der Waals surface area contributed by atoms with Gasteiger partial charge in [-0.15, -0.1) is 0 Å². The molecule has 1 saturated heterocycles. The number of ether oxygens (including phenoxy) is 1. The molecule has 1 aliphatic heterocycles. The predicted octanol–water partition coefficient (Wildman–Crippen LogP) is 4.87. The average Bonchev–Trinajstić information content (AvgIpc) is 3.41. The van der Waals surface area contributed by atoms with E-state index in [-0.39, 0.29) is 6.10 Å². The second-order valence-electron chi connectivity index (χ2n) is 8.01. The summed E-state index contributed by atoms with van der Waals surface area (Å²) in [5, 5.41) is 9.63. The van der Waals surface area contributed by atoms with Crippen LogP contribution in [0.3, 0.4) is 0 Å². The number of carbonyl (C=O) groups is 1. The molecule has 1 aromatic carbocycles. The molecular weight excluding hydrogens is 364 g/mol. The van der Waals surface area contributed by atoms with Crippen molar-refractivity contribution in [3.8, 4) is 5.75 Å². The molecule has 0 radical (unpaired) electrons. The van der Waals surface area contributed by atoms with Crippen LogP contribution in [0.2, 0.25) is 5.02 Å². The number of nitrogens with zero attached hydrogens (tertiary/aromatic N) is 2. The minimum Gasteiger partial charge on any atom is -0.489 e. The summed E-state index contributed by atoms with van der Waals surface area (Å²) in [6, 6.07) is 5.99. The minimum absolute atomic E-state index is 0.136. The molecule has 2 aliphatic carbocycles. The molecule has 1 amide bonds. The van der Waals surface area contributed by atoms with E-state index in [1.165, 1.54) is 37.0 Å². The van der Waals surface area contributed by atoms with Crippen molar-refractivity contribution in [1.82, 2.24) is 9.80 Å². The second-order valence-corrected chi connectivity index (χ2v) is 8.39. The van der Waals surface area contributed by atoms with Crippen LogP contribution in [0.5, 0.6) is 5.75 Å². The molecule has 0 aromatic heterocycles. The smallest absolute Gasteiger partial charge is 0.407 e. The third-order valence-corrected chi connectivity index (χ3v) is 5.76. The van der Waals surface area contributed by atoms with Crippen molar-refractivity contribution in [2.75, 3.05) is 26.7 Å². The van der Waals surface area contributed by atoms with Gasteiger partial charge in [0, 0.05) is 20.1 Å². The highest BCUT2D eigenvalue weighted by atomic mass is 35.5. The normalized spacial score (nSPS) is 23.8. The van der Waals surface area contributed by atoms with E-state index in [1.807, 2.05) is 12.1 Å². The van der Waals surface area contributed by atoms with Gasteiger partial charge in [-0.3, -0.25) is 4.90 Å². The molecule has 0 spiro atoms. The molecule has 0 atom stereocenters. The van der Waals surface area contributed by atoms with E-state index in [0.717, 1.165) is 48.8 Å². The maximum absolute atomic E-state index is 10.8. The first-order chi connectivity index (χ1) is 13.0. The summed E-state index contributed by atoms with van der Waals surface area (Å²) in [7, 11) is 1.61. The highest BCUT2D eigenvalue weighted by molar-refractivity contribution is 6.32. The zero-order valence-corrected chi connectivity index (χ0v) is 17.0. The molecule has 1 heterocycles. The number of halogens is 1. The van der Waals surface area contributed by atoms with Crippen LogP contribution in [0.1, 0.15) is 50.5 Å². The summed E-state index contributed by atoms with van der Waals surface area (Å²) < 4.78 is 6.04. The van der Waals surface area contributed by atoms with E-state index >= 15 is 0 Å². The second kappa shape index (κ2) is 9.65. The molecule has 0 bridgehead atoms. The fourth-order valence-electron chi connectivity index (χ4n) is 3.52. The van der Waals surface area contributed by atoms with Crippen LogP contribution < -0.4 is 4.74 Å². The van der Waals surface area contributed by atoms with Gasteiger partial charge in [-0.2, -0.15) is 0 Å². The zero-order chi connectivity index (χ0) is 19.2. The maximum atomic E-state index is 10.8. The van der Waals surface area contributed by atoms with E-state index in [0.29, 0.717) is 12.5 Å². The number of rotatable bonds is 6. The Labute approximate surface area is 167 Å². The van der Waals surface area contributed by atoms with Gasteiger partial charge in [0.2, 0.25) is 0 Å². The van der Waals surface area contributed by atoms with Crippen LogP contribution in [-0.4, -0.2) is 53.8 Å². The summed E-state index contributed by atoms with van der Waals surface area (Å²) in [5.74, 6) is 1.13. The van der Waals surface area contributed by atoms with Crippen molar-refractivity contribution in [2.24, 2.45) is 5.92 Å². The van der Waals surface area contributed by atoms with Crippen molar-refractivity contribution in [2.45, 2.75) is 57.6 Å². The van der Waals surface area contributed by atoms with Gasteiger partial charge >= 0.3 is 6.09 Å². The zero-order valence-electron chi connectivity index (χ0n) is 16.2. The number of carboxylic acid groups (broad SMARTS) is 1. The molecule has 3 aliphatic rings. The van der Waals surface area contributed by atoms with Gasteiger partial charge in [-0.25, -0.2) is 4.79 Å². The molecule has 2 saturated carbocycles. The molecule has 4 rings (SSSR count). The first-order valence-electron chi connectivity index (χ1n) is 10.1. The molecule has 6 heteroatoms. The van der Waals surface area contributed by atoms with E-state index in [1.54, 1.807) is 7.05 Å². The van der Waals surface area contributed by atoms with Crippen LogP contribution in [0.15, 0.2) is 18.2 Å². The fourth-order valence-corrected chi connectivity index (χ4v) is 3.75. The van der Waals surface area contributed by atoms with Crippen molar-refractivity contribution in [3.05, 3.63) is 28.8 Å². The lowest BCUT2D eigenvalue weighted by atomic mass is 9.82. The monoisotopic (exact) mass is 394 g/mol. The Kier molecular flexibility index (Phi) is 7.25. The molecule has 1 aromatic rings. The van der Waals surface area contributed by atoms with Crippen molar-refractivity contribution in [1.29, 1.82) is 0 Å². The topological polar surface area (TPSA) is 53.0 Å². The SMILES string of the molecule is C1CC1.CN(CC1CC(Oc2cccc(CN3CCCC3)c2Cl)C1)C(=O)O. The third-order valence-electron chi connectivity index (χ3n) is 5.33.